The van der Waals surface area contributed by atoms with E-state index in [0.717, 1.165) is 35.1 Å². The molecule has 8 nitrogen and oxygen atoms in total. The lowest BCUT2D eigenvalue weighted by Crippen LogP contribution is -2.55. The largest absolute Gasteiger partial charge is 0.480 e. The summed E-state index contributed by atoms with van der Waals surface area (Å²) in [6.07, 6.45) is 1.51. The average Bonchev–Trinajstić information content (AvgIpc) is 3.48. The van der Waals surface area contributed by atoms with Crippen LogP contribution in [0.5, 0.6) is 0 Å². The number of hydrogen-bond donors (Lipinski definition) is 3. The minimum absolute atomic E-state index is 0.0521. The third-order valence-electron chi connectivity index (χ3n) is 7.35. The Morgan fingerprint density at radius 1 is 1.03 bits per heavy atom. The molecule has 2 aromatic carbocycles. The molecule has 2 amide bonds. The molecule has 2 aromatic rings. The third kappa shape index (κ3) is 5.03. The predicted molar refractivity (Wildman–Crippen MR) is 130 cm³/mol. The van der Waals surface area contributed by atoms with Crippen molar-refractivity contribution in [1.29, 1.82) is 0 Å². The van der Waals surface area contributed by atoms with Crippen molar-refractivity contribution in [3.05, 3.63) is 59.7 Å². The molecule has 35 heavy (non-hydrogen) atoms. The first-order chi connectivity index (χ1) is 16.9. The number of nitrogens with one attached hydrogen (secondary N) is 2. The summed E-state index contributed by atoms with van der Waals surface area (Å²) in [7, 11) is 1.40. The van der Waals surface area contributed by atoms with Gasteiger partial charge in [0.25, 0.3) is 0 Å². The number of carbonyl (C=O) groups is 3. The number of carbonyl (C=O) groups excluding carboxylic acids is 2. The van der Waals surface area contributed by atoms with E-state index in [2.05, 4.69) is 34.9 Å². The minimum atomic E-state index is -1.17. The maximum atomic E-state index is 13.1. The van der Waals surface area contributed by atoms with Gasteiger partial charge >= 0.3 is 12.1 Å². The van der Waals surface area contributed by atoms with Crippen LogP contribution >= 0.6 is 0 Å². The van der Waals surface area contributed by atoms with Crippen LogP contribution in [0, 0.1) is 5.41 Å². The molecule has 2 atom stereocenters. The number of fused-ring (bicyclic) bond motifs is 3. The molecule has 8 heteroatoms. The number of hydrogen-bond acceptors (Lipinski definition) is 5. The molecular formula is C27H32N2O6. The van der Waals surface area contributed by atoms with Crippen molar-refractivity contribution < 1.29 is 29.0 Å². The van der Waals surface area contributed by atoms with Crippen LogP contribution in [0.25, 0.3) is 11.1 Å². The van der Waals surface area contributed by atoms with Crippen LogP contribution in [0.3, 0.4) is 0 Å². The van der Waals surface area contributed by atoms with Gasteiger partial charge < -0.3 is 25.2 Å². The number of benzene rings is 2. The van der Waals surface area contributed by atoms with Gasteiger partial charge in [-0.3, -0.25) is 4.79 Å². The molecule has 0 unspecified atom stereocenters. The molecular weight excluding hydrogens is 448 g/mol. The quantitative estimate of drug-likeness (QED) is 0.504. The molecule has 0 saturated heterocycles. The van der Waals surface area contributed by atoms with E-state index in [1.54, 1.807) is 6.92 Å². The summed E-state index contributed by atoms with van der Waals surface area (Å²) in [5, 5.41) is 14.9. The highest BCUT2D eigenvalue weighted by atomic mass is 16.5. The molecule has 186 valence electrons. The van der Waals surface area contributed by atoms with E-state index in [9.17, 15) is 19.5 Å². The second kappa shape index (κ2) is 10.5. The lowest BCUT2D eigenvalue weighted by atomic mass is 9.84. The lowest BCUT2D eigenvalue weighted by Gasteiger charge is -2.30. The predicted octanol–water partition coefficient (Wildman–Crippen LogP) is 3.69. The number of carboxylic acids is 1. The number of aliphatic carboxylic acids is 1. The molecule has 0 aliphatic heterocycles. The smallest absolute Gasteiger partial charge is 0.407 e. The standard InChI is InChI=1S/C27H32N2O6/c1-17(34-2)23(24(30)31)29-25(32)27(13-7-8-14-27)16-28-26(33)35-15-22-20-11-5-3-9-18(20)19-10-4-6-12-21(19)22/h3-6,9-12,17,22-23H,7-8,13-16H2,1-2H3,(H,28,33)(H,29,32)(H,30,31)/t17-,23+/m1/s1. The Morgan fingerprint density at radius 3 is 2.14 bits per heavy atom. The van der Waals surface area contributed by atoms with Gasteiger partial charge in [0.1, 0.15) is 6.61 Å². The molecule has 0 spiro atoms. The Labute approximate surface area is 205 Å². The van der Waals surface area contributed by atoms with Crippen LogP contribution in [0.2, 0.25) is 0 Å². The summed E-state index contributed by atoms with van der Waals surface area (Å²) in [4.78, 5) is 37.4. The van der Waals surface area contributed by atoms with Crippen LogP contribution in [0.4, 0.5) is 4.79 Å². The van der Waals surface area contributed by atoms with E-state index in [4.69, 9.17) is 9.47 Å². The summed E-state index contributed by atoms with van der Waals surface area (Å²) in [5.41, 5.74) is 3.68. The van der Waals surface area contributed by atoms with Gasteiger partial charge in [0.05, 0.1) is 11.5 Å². The summed E-state index contributed by atoms with van der Waals surface area (Å²) in [6.45, 7) is 1.87. The van der Waals surface area contributed by atoms with E-state index in [-0.39, 0.29) is 25.0 Å². The molecule has 0 radical (unpaired) electrons. The first kappa shape index (κ1) is 24.7. The SMILES string of the molecule is CO[C@H](C)[C@H](NC(=O)C1(CNC(=O)OCC2c3ccccc3-c3ccccc32)CCCC1)C(=O)O. The maximum Gasteiger partial charge on any atom is 0.407 e. The number of rotatable bonds is 9. The first-order valence-electron chi connectivity index (χ1n) is 12.0. The van der Waals surface area contributed by atoms with Crippen LogP contribution in [0.1, 0.15) is 49.7 Å². The van der Waals surface area contributed by atoms with Crippen molar-refractivity contribution in [2.75, 3.05) is 20.3 Å². The molecule has 0 aromatic heterocycles. The van der Waals surface area contributed by atoms with Crippen LogP contribution in [-0.4, -0.2) is 55.5 Å². The molecule has 0 heterocycles. The van der Waals surface area contributed by atoms with E-state index in [1.807, 2.05) is 24.3 Å². The monoisotopic (exact) mass is 480 g/mol. The maximum absolute atomic E-state index is 13.1. The Bertz CT molecular complexity index is 1050. The Kier molecular flexibility index (Phi) is 7.40. The highest BCUT2D eigenvalue weighted by molar-refractivity contribution is 5.88. The highest BCUT2D eigenvalue weighted by Crippen LogP contribution is 2.44. The van der Waals surface area contributed by atoms with Gasteiger partial charge in [-0.05, 0) is 42.0 Å². The number of methoxy groups -OCH3 is 1. The van der Waals surface area contributed by atoms with Crippen molar-refractivity contribution in [3.8, 4) is 11.1 Å². The Hall–Kier alpha value is -3.39. The number of carboxylic acid groups (broad SMARTS) is 1. The molecule has 4 rings (SSSR count). The molecule has 1 saturated carbocycles. The van der Waals surface area contributed by atoms with Gasteiger partial charge in [-0.25, -0.2) is 9.59 Å². The van der Waals surface area contributed by atoms with Crippen molar-refractivity contribution >= 4 is 18.0 Å². The van der Waals surface area contributed by atoms with Crippen LogP contribution in [0.15, 0.2) is 48.5 Å². The van der Waals surface area contributed by atoms with Crippen molar-refractivity contribution in [2.24, 2.45) is 5.41 Å². The normalized spacial score (nSPS) is 17.7. The van der Waals surface area contributed by atoms with Gasteiger partial charge in [-0.15, -0.1) is 0 Å². The number of amides is 2. The summed E-state index contributed by atoms with van der Waals surface area (Å²) in [6, 6.07) is 15.1. The fourth-order valence-corrected chi connectivity index (χ4v) is 5.24. The zero-order chi connectivity index (χ0) is 25.0. The summed E-state index contributed by atoms with van der Waals surface area (Å²) in [5.74, 6) is -1.60. The molecule has 3 N–H and O–H groups in total. The molecule has 0 bridgehead atoms. The lowest BCUT2D eigenvalue weighted by molar-refractivity contribution is -0.147. The zero-order valence-corrected chi connectivity index (χ0v) is 20.1. The number of ether oxygens (including phenoxy) is 2. The van der Waals surface area contributed by atoms with Crippen molar-refractivity contribution in [2.45, 2.75) is 50.7 Å². The van der Waals surface area contributed by atoms with Gasteiger partial charge in [0, 0.05) is 19.6 Å². The third-order valence-corrected chi connectivity index (χ3v) is 7.35. The van der Waals surface area contributed by atoms with E-state index in [1.165, 1.54) is 7.11 Å². The summed E-state index contributed by atoms with van der Waals surface area (Å²) >= 11 is 0. The van der Waals surface area contributed by atoms with Gasteiger partial charge in [0.15, 0.2) is 6.04 Å². The average molecular weight is 481 g/mol. The van der Waals surface area contributed by atoms with Crippen molar-refractivity contribution in [3.63, 3.8) is 0 Å². The molecule has 2 aliphatic carbocycles. The Balaban J connectivity index is 1.38. The van der Waals surface area contributed by atoms with Crippen LogP contribution < -0.4 is 10.6 Å². The van der Waals surface area contributed by atoms with Crippen LogP contribution in [-0.2, 0) is 19.1 Å². The fourth-order valence-electron chi connectivity index (χ4n) is 5.24. The topological polar surface area (TPSA) is 114 Å². The molecule has 2 aliphatic rings. The van der Waals surface area contributed by atoms with Gasteiger partial charge in [0.2, 0.25) is 5.91 Å². The van der Waals surface area contributed by atoms with Crippen molar-refractivity contribution in [1.82, 2.24) is 10.6 Å². The minimum Gasteiger partial charge on any atom is -0.480 e. The van der Waals surface area contributed by atoms with E-state index < -0.39 is 29.6 Å². The molecule has 1 fully saturated rings. The van der Waals surface area contributed by atoms with E-state index >= 15 is 0 Å². The fraction of sp³-hybridized carbons (Fsp3) is 0.444. The van der Waals surface area contributed by atoms with Gasteiger partial charge in [-0.2, -0.15) is 0 Å². The number of alkyl carbamates (subject to hydrolysis) is 1. The van der Waals surface area contributed by atoms with E-state index in [0.29, 0.717) is 12.8 Å². The first-order valence-corrected chi connectivity index (χ1v) is 12.0. The summed E-state index contributed by atoms with van der Waals surface area (Å²) < 4.78 is 10.7. The zero-order valence-electron chi connectivity index (χ0n) is 20.1. The van der Waals surface area contributed by atoms with Gasteiger partial charge in [-0.1, -0.05) is 61.4 Å². The second-order valence-corrected chi connectivity index (χ2v) is 9.40. The second-order valence-electron chi connectivity index (χ2n) is 9.40. The Morgan fingerprint density at radius 2 is 1.60 bits per heavy atom. The highest BCUT2D eigenvalue weighted by Gasteiger charge is 2.43.